The smallest absolute Gasteiger partial charge is 0.407 e. The third-order valence-electron chi connectivity index (χ3n) is 3.81. The van der Waals surface area contributed by atoms with Gasteiger partial charge >= 0.3 is 6.09 Å². The summed E-state index contributed by atoms with van der Waals surface area (Å²) in [6.07, 6.45) is 0.457. The van der Waals surface area contributed by atoms with Gasteiger partial charge in [0.1, 0.15) is 5.75 Å². The summed E-state index contributed by atoms with van der Waals surface area (Å²) in [6, 6.07) is 7.78. The summed E-state index contributed by atoms with van der Waals surface area (Å²) in [7, 11) is 1.66. The number of methoxy groups -OCH3 is 1. The van der Waals surface area contributed by atoms with Crippen LogP contribution in [0.1, 0.15) is 39.7 Å². The maximum absolute atomic E-state index is 11.8. The molecular formula is C20H35IN4O3. The third kappa shape index (κ3) is 10.6. The second-order valence-corrected chi connectivity index (χ2v) is 6.58. The van der Waals surface area contributed by atoms with Crippen LogP contribution in [0.5, 0.6) is 5.75 Å². The maximum atomic E-state index is 11.8. The summed E-state index contributed by atoms with van der Waals surface area (Å²) < 4.78 is 10.4. The van der Waals surface area contributed by atoms with Crippen molar-refractivity contribution in [3.8, 4) is 5.75 Å². The molecule has 0 fully saturated rings. The highest BCUT2D eigenvalue weighted by Crippen LogP contribution is 2.17. The molecular weight excluding hydrogens is 471 g/mol. The van der Waals surface area contributed by atoms with Crippen LogP contribution in [0.2, 0.25) is 0 Å². The second kappa shape index (κ2) is 15.2. The second-order valence-electron chi connectivity index (χ2n) is 6.58. The molecule has 1 aromatic carbocycles. The van der Waals surface area contributed by atoms with Gasteiger partial charge in [0.05, 0.1) is 20.3 Å². The molecule has 1 unspecified atom stereocenters. The van der Waals surface area contributed by atoms with Crippen LogP contribution < -0.4 is 20.7 Å². The minimum absolute atomic E-state index is 0. The summed E-state index contributed by atoms with van der Waals surface area (Å²) in [6.45, 7) is 10.2. The number of hydrogen-bond donors (Lipinski definition) is 3. The van der Waals surface area contributed by atoms with E-state index in [-0.39, 0.29) is 36.1 Å². The molecule has 1 atom stereocenters. The number of hydrogen-bond acceptors (Lipinski definition) is 4. The van der Waals surface area contributed by atoms with Crippen LogP contribution in [0.25, 0.3) is 0 Å². The van der Waals surface area contributed by atoms with E-state index in [0.29, 0.717) is 31.6 Å². The molecule has 0 saturated carbocycles. The molecule has 0 aliphatic carbocycles. The molecule has 0 radical (unpaired) electrons. The minimum atomic E-state index is -0.388. The van der Waals surface area contributed by atoms with Crippen molar-refractivity contribution < 1.29 is 14.3 Å². The van der Waals surface area contributed by atoms with Crippen molar-refractivity contribution in [2.24, 2.45) is 10.9 Å². The predicted molar refractivity (Wildman–Crippen MR) is 125 cm³/mol. The van der Waals surface area contributed by atoms with Crippen LogP contribution in [0, 0.1) is 5.92 Å². The summed E-state index contributed by atoms with van der Waals surface area (Å²) >= 11 is 0. The molecule has 0 spiro atoms. The fourth-order valence-corrected chi connectivity index (χ4v) is 2.66. The van der Waals surface area contributed by atoms with E-state index in [0.717, 1.165) is 24.3 Å². The highest BCUT2D eigenvalue weighted by molar-refractivity contribution is 14.0. The highest BCUT2D eigenvalue weighted by atomic mass is 127. The molecule has 1 rings (SSSR count). The molecule has 0 bridgehead atoms. The lowest BCUT2D eigenvalue weighted by Crippen LogP contribution is -2.47. The molecule has 0 heterocycles. The zero-order valence-electron chi connectivity index (χ0n) is 17.6. The van der Waals surface area contributed by atoms with Crippen molar-refractivity contribution in [2.75, 3.05) is 26.8 Å². The van der Waals surface area contributed by atoms with Crippen LogP contribution in [-0.2, 0) is 11.3 Å². The number of amides is 1. The molecule has 7 nitrogen and oxygen atoms in total. The molecule has 160 valence electrons. The van der Waals surface area contributed by atoms with Gasteiger partial charge in [0.2, 0.25) is 0 Å². The van der Waals surface area contributed by atoms with Gasteiger partial charge in [-0.1, -0.05) is 32.0 Å². The number of nitrogens with one attached hydrogen (secondary N) is 3. The Morgan fingerprint density at radius 2 is 1.89 bits per heavy atom. The van der Waals surface area contributed by atoms with Crippen LogP contribution in [0.3, 0.4) is 0 Å². The Bertz CT molecular complexity index is 597. The monoisotopic (exact) mass is 506 g/mol. The van der Waals surface area contributed by atoms with E-state index in [4.69, 9.17) is 9.47 Å². The quantitative estimate of drug-likeness (QED) is 0.257. The molecule has 1 aromatic rings. The van der Waals surface area contributed by atoms with Gasteiger partial charge in [-0.25, -0.2) is 9.79 Å². The zero-order chi connectivity index (χ0) is 20.1. The summed E-state index contributed by atoms with van der Waals surface area (Å²) in [5.41, 5.74) is 1.01. The molecule has 1 amide bonds. The Hall–Kier alpha value is -1.71. The first kappa shape index (κ1) is 26.3. The summed E-state index contributed by atoms with van der Waals surface area (Å²) in [4.78, 5) is 16.4. The number of rotatable bonds is 10. The van der Waals surface area contributed by atoms with Crippen molar-refractivity contribution in [1.82, 2.24) is 16.0 Å². The molecule has 0 aliphatic heterocycles. The van der Waals surface area contributed by atoms with Crippen LogP contribution in [0.15, 0.2) is 29.3 Å². The lowest BCUT2D eigenvalue weighted by Gasteiger charge is -2.22. The van der Waals surface area contributed by atoms with Gasteiger partial charge in [-0.2, -0.15) is 0 Å². The normalized spacial score (nSPS) is 12.0. The van der Waals surface area contributed by atoms with Gasteiger partial charge in [-0.15, -0.1) is 24.0 Å². The van der Waals surface area contributed by atoms with E-state index in [1.54, 1.807) is 14.0 Å². The van der Waals surface area contributed by atoms with Gasteiger partial charge in [-0.05, 0) is 32.3 Å². The van der Waals surface area contributed by atoms with E-state index < -0.39 is 0 Å². The Kier molecular flexibility index (Phi) is 14.3. The first-order valence-corrected chi connectivity index (χ1v) is 9.57. The molecule has 3 N–H and O–H groups in total. The molecule has 28 heavy (non-hydrogen) atoms. The van der Waals surface area contributed by atoms with E-state index in [9.17, 15) is 4.79 Å². The number of halogens is 1. The van der Waals surface area contributed by atoms with Crippen molar-refractivity contribution in [3.63, 3.8) is 0 Å². The van der Waals surface area contributed by atoms with E-state index in [1.807, 2.05) is 31.2 Å². The van der Waals surface area contributed by atoms with Crippen molar-refractivity contribution in [3.05, 3.63) is 29.8 Å². The number of guanidine groups is 1. The Morgan fingerprint density at radius 1 is 1.18 bits per heavy atom. The first-order valence-electron chi connectivity index (χ1n) is 9.57. The highest BCUT2D eigenvalue weighted by Gasteiger charge is 2.15. The standard InChI is InChI=1S/C20H34N4O3.HI/c1-6-21-19(22-13-16-10-8-9-11-18(16)26-5)23-14-17(12-15(3)4)24-20(25)27-7-2;/h8-11,15,17H,6-7,12-14H2,1-5H3,(H,24,25)(H2,21,22,23);1H. The number of carbonyl (C=O) groups excluding carboxylic acids is 1. The Morgan fingerprint density at radius 3 is 2.50 bits per heavy atom. The Balaban J connectivity index is 0.00000729. The van der Waals surface area contributed by atoms with Crippen LogP contribution in [0.4, 0.5) is 4.79 Å². The van der Waals surface area contributed by atoms with Gasteiger partial charge in [0, 0.05) is 24.7 Å². The predicted octanol–water partition coefficient (Wildman–Crippen LogP) is 3.53. The number of alkyl carbamates (subject to hydrolysis) is 1. The fraction of sp³-hybridized carbons (Fsp3) is 0.600. The van der Waals surface area contributed by atoms with Gasteiger partial charge in [0.15, 0.2) is 5.96 Å². The van der Waals surface area contributed by atoms with Gasteiger partial charge in [-0.3, -0.25) is 0 Å². The SMILES string of the molecule is CCNC(=NCc1ccccc1OC)NCC(CC(C)C)NC(=O)OCC.I. The number of carbonyl (C=O) groups is 1. The van der Waals surface area contributed by atoms with Crippen molar-refractivity contribution in [1.29, 1.82) is 0 Å². The summed E-state index contributed by atoms with van der Waals surface area (Å²) in [5, 5.41) is 9.45. The largest absolute Gasteiger partial charge is 0.496 e. The average molecular weight is 506 g/mol. The van der Waals surface area contributed by atoms with Crippen LogP contribution >= 0.6 is 24.0 Å². The first-order chi connectivity index (χ1) is 13.0. The summed E-state index contributed by atoms with van der Waals surface area (Å²) in [5.74, 6) is 1.97. The van der Waals surface area contributed by atoms with E-state index in [2.05, 4.69) is 34.8 Å². The van der Waals surface area contributed by atoms with Crippen LogP contribution in [-0.4, -0.2) is 44.9 Å². The molecule has 8 heteroatoms. The van der Waals surface area contributed by atoms with Gasteiger partial charge < -0.3 is 25.4 Å². The average Bonchev–Trinajstić information content (AvgIpc) is 2.63. The van der Waals surface area contributed by atoms with Crippen molar-refractivity contribution in [2.45, 2.75) is 46.7 Å². The molecule has 0 aliphatic rings. The topological polar surface area (TPSA) is 84.0 Å². The third-order valence-corrected chi connectivity index (χ3v) is 3.81. The lowest BCUT2D eigenvalue weighted by molar-refractivity contribution is 0.146. The minimum Gasteiger partial charge on any atom is -0.496 e. The van der Waals surface area contributed by atoms with Crippen molar-refractivity contribution >= 4 is 36.0 Å². The molecule has 0 saturated heterocycles. The number of aliphatic imine (C=N–C) groups is 1. The van der Waals surface area contributed by atoms with E-state index >= 15 is 0 Å². The zero-order valence-corrected chi connectivity index (χ0v) is 19.9. The Labute approximate surface area is 186 Å². The van der Waals surface area contributed by atoms with E-state index in [1.165, 1.54) is 0 Å². The number of ether oxygens (including phenoxy) is 2. The molecule has 0 aromatic heterocycles. The lowest BCUT2D eigenvalue weighted by atomic mass is 10.0. The number of benzene rings is 1. The fourth-order valence-electron chi connectivity index (χ4n) is 2.66. The van der Waals surface area contributed by atoms with Gasteiger partial charge in [0.25, 0.3) is 0 Å². The number of nitrogens with zero attached hydrogens (tertiary/aromatic N) is 1. The number of para-hydroxylation sites is 1. The maximum Gasteiger partial charge on any atom is 0.407 e.